The Morgan fingerprint density at radius 2 is 1.90 bits per heavy atom. The van der Waals surface area contributed by atoms with Gasteiger partial charge in [0.15, 0.2) is 5.75 Å². The number of halogens is 1. The van der Waals surface area contributed by atoms with Crippen LogP contribution in [-0.2, 0) is 0 Å². The molecule has 1 fully saturated rings. The smallest absolute Gasteiger partial charge is 0.271 e. The average molecular weight is 403 g/mol. The van der Waals surface area contributed by atoms with Gasteiger partial charge in [0.2, 0.25) is 0 Å². The molecule has 2 aromatic rings. The van der Waals surface area contributed by atoms with Gasteiger partial charge in [0.05, 0.1) is 6.10 Å². The van der Waals surface area contributed by atoms with Gasteiger partial charge in [-0.1, -0.05) is 18.2 Å². The largest absolute Gasteiger partial charge is 0.483 e. The SMILES string of the molecule is CNC(=O)c1[nH]c(C(=O)NC2CCC(O)CC2)cc1O[C@H](C)c1ccccc1F. The summed E-state index contributed by atoms with van der Waals surface area (Å²) in [4.78, 5) is 27.7. The number of benzene rings is 1. The van der Waals surface area contributed by atoms with Crippen molar-refractivity contribution in [2.24, 2.45) is 0 Å². The minimum Gasteiger partial charge on any atom is -0.483 e. The van der Waals surface area contributed by atoms with Gasteiger partial charge in [-0.15, -0.1) is 0 Å². The number of carbonyl (C=O) groups excluding carboxylic acids is 2. The topological polar surface area (TPSA) is 103 Å². The van der Waals surface area contributed by atoms with Gasteiger partial charge < -0.3 is 25.5 Å². The summed E-state index contributed by atoms with van der Waals surface area (Å²) in [5.41, 5.74) is 0.633. The van der Waals surface area contributed by atoms with E-state index in [2.05, 4.69) is 15.6 Å². The molecular formula is C21H26FN3O4. The van der Waals surface area contributed by atoms with Crippen LogP contribution in [0.25, 0.3) is 0 Å². The molecule has 1 heterocycles. The number of hydrogen-bond donors (Lipinski definition) is 4. The number of aliphatic hydroxyl groups excluding tert-OH is 1. The summed E-state index contributed by atoms with van der Waals surface area (Å²) in [6.07, 6.45) is 1.72. The Morgan fingerprint density at radius 3 is 2.55 bits per heavy atom. The molecule has 0 saturated heterocycles. The molecule has 0 unspecified atom stereocenters. The first-order chi connectivity index (χ1) is 13.9. The summed E-state index contributed by atoms with van der Waals surface area (Å²) < 4.78 is 19.9. The fraction of sp³-hybridized carbons (Fsp3) is 0.429. The summed E-state index contributed by atoms with van der Waals surface area (Å²) in [6, 6.07) is 7.66. The summed E-state index contributed by atoms with van der Waals surface area (Å²) in [5.74, 6) is -1.04. The van der Waals surface area contributed by atoms with Crippen LogP contribution >= 0.6 is 0 Å². The molecule has 29 heavy (non-hydrogen) atoms. The molecule has 1 aromatic carbocycles. The fourth-order valence-corrected chi connectivity index (χ4v) is 3.49. The van der Waals surface area contributed by atoms with E-state index in [1.807, 2.05) is 0 Å². The number of ether oxygens (including phenoxy) is 1. The first-order valence-corrected chi connectivity index (χ1v) is 9.74. The highest BCUT2D eigenvalue weighted by atomic mass is 19.1. The molecule has 156 valence electrons. The van der Waals surface area contributed by atoms with Gasteiger partial charge in [-0.3, -0.25) is 9.59 Å². The predicted octanol–water partition coefficient (Wildman–Crippen LogP) is 2.69. The number of rotatable bonds is 6. The first-order valence-electron chi connectivity index (χ1n) is 9.74. The first kappa shape index (κ1) is 20.9. The molecule has 0 radical (unpaired) electrons. The van der Waals surface area contributed by atoms with Gasteiger partial charge in [-0.05, 0) is 38.7 Å². The van der Waals surface area contributed by atoms with Gasteiger partial charge in [0.25, 0.3) is 11.8 Å². The third-order valence-electron chi connectivity index (χ3n) is 5.16. The second-order valence-electron chi connectivity index (χ2n) is 7.26. The Bertz CT molecular complexity index is 875. The molecule has 0 bridgehead atoms. The monoisotopic (exact) mass is 403 g/mol. The Hall–Kier alpha value is -2.87. The van der Waals surface area contributed by atoms with Crippen molar-refractivity contribution in [3.63, 3.8) is 0 Å². The zero-order valence-electron chi connectivity index (χ0n) is 16.5. The third kappa shape index (κ3) is 4.95. The molecule has 1 saturated carbocycles. The number of aliphatic hydroxyl groups is 1. The Labute approximate surface area is 168 Å². The summed E-state index contributed by atoms with van der Waals surface area (Å²) >= 11 is 0. The summed E-state index contributed by atoms with van der Waals surface area (Å²) in [6.45, 7) is 1.67. The van der Waals surface area contributed by atoms with E-state index in [-0.39, 0.29) is 35.2 Å². The van der Waals surface area contributed by atoms with E-state index in [1.54, 1.807) is 25.1 Å². The highest BCUT2D eigenvalue weighted by Gasteiger charge is 2.25. The minimum atomic E-state index is -0.661. The number of aromatic nitrogens is 1. The van der Waals surface area contributed by atoms with Crippen molar-refractivity contribution < 1.29 is 23.8 Å². The molecule has 1 aromatic heterocycles. The molecule has 8 heteroatoms. The normalized spacial score (nSPS) is 20.0. The van der Waals surface area contributed by atoms with Crippen LogP contribution in [0, 0.1) is 5.82 Å². The van der Waals surface area contributed by atoms with Crippen LogP contribution in [0.4, 0.5) is 4.39 Å². The highest BCUT2D eigenvalue weighted by molar-refractivity contribution is 5.99. The van der Waals surface area contributed by atoms with Crippen LogP contribution in [-0.4, -0.2) is 41.1 Å². The van der Waals surface area contributed by atoms with Gasteiger partial charge in [-0.25, -0.2) is 4.39 Å². The van der Waals surface area contributed by atoms with Crippen molar-refractivity contribution in [2.75, 3.05) is 7.05 Å². The van der Waals surface area contributed by atoms with Crippen LogP contribution in [0.1, 0.15) is 65.3 Å². The lowest BCUT2D eigenvalue weighted by molar-refractivity contribution is 0.0863. The number of amides is 2. The number of hydrogen-bond acceptors (Lipinski definition) is 4. The zero-order valence-corrected chi connectivity index (χ0v) is 16.5. The Morgan fingerprint density at radius 1 is 1.21 bits per heavy atom. The molecule has 0 aliphatic heterocycles. The summed E-state index contributed by atoms with van der Waals surface area (Å²) in [7, 11) is 1.47. The molecular weight excluding hydrogens is 377 g/mol. The van der Waals surface area contributed by atoms with Crippen LogP contribution < -0.4 is 15.4 Å². The standard InChI is InChI=1S/C21H26FN3O4/c1-12(15-5-3-4-6-16(15)22)29-18-11-17(25-19(18)21(28)23-2)20(27)24-13-7-9-14(26)10-8-13/h3-6,11-14,25-26H,7-10H2,1-2H3,(H,23,28)(H,24,27)/t12-,13?,14?/m1/s1. The number of carbonyl (C=O) groups is 2. The molecule has 3 rings (SSSR count). The molecule has 2 amide bonds. The van der Waals surface area contributed by atoms with E-state index in [0.29, 0.717) is 31.2 Å². The van der Waals surface area contributed by atoms with Crippen molar-refractivity contribution >= 4 is 11.8 Å². The zero-order chi connectivity index (χ0) is 21.0. The van der Waals surface area contributed by atoms with Crippen molar-refractivity contribution in [3.05, 3.63) is 53.1 Å². The van der Waals surface area contributed by atoms with Crippen LogP contribution in [0.2, 0.25) is 0 Å². The highest BCUT2D eigenvalue weighted by Crippen LogP contribution is 2.28. The van der Waals surface area contributed by atoms with Crippen molar-refractivity contribution in [2.45, 2.75) is 50.9 Å². The predicted molar refractivity (Wildman–Crippen MR) is 105 cm³/mol. The number of nitrogens with one attached hydrogen (secondary N) is 3. The molecule has 1 atom stereocenters. The van der Waals surface area contributed by atoms with Gasteiger partial charge >= 0.3 is 0 Å². The van der Waals surface area contributed by atoms with Crippen LogP contribution in [0.15, 0.2) is 30.3 Å². The van der Waals surface area contributed by atoms with Crippen LogP contribution in [0.3, 0.4) is 0 Å². The van der Waals surface area contributed by atoms with Crippen molar-refractivity contribution in [1.82, 2.24) is 15.6 Å². The maximum Gasteiger partial charge on any atom is 0.271 e. The quantitative estimate of drug-likeness (QED) is 0.595. The maximum atomic E-state index is 14.0. The van der Waals surface area contributed by atoms with E-state index in [9.17, 15) is 19.1 Å². The molecule has 1 aliphatic rings. The molecule has 4 N–H and O–H groups in total. The summed E-state index contributed by atoms with van der Waals surface area (Å²) in [5, 5.41) is 15.0. The lowest BCUT2D eigenvalue weighted by Gasteiger charge is -2.25. The third-order valence-corrected chi connectivity index (χ3v) is 5.16. The van der Waals surface area contributed by atoms with E-state index < -0.39 is 17.8 Å². The average Bonchev–Trinajstić information content (AvgIpc) is 3.13. The Kier molecular flexibility index (Phi) is 6.53. The van der Waals surface area contributed by atoms with Gasteiger partial charge in [0, 0.05) is 24.7 Å². The second kappa shape index (κ2) is 9.09. The minimum absolute atomic E-state index is 0.0284. The van der Waals surface area contributed by atoms with E-state index >= 15 is 0 Å². The fourth-order valence-electron chi connectivity index (χ4n) is 3.49. The number of H-pyrrole nitrogens is 1. The van der Waals surface area contributed by atoms with Crippen molar-refractivity contribution in [1.29, 1.82) is 0 Å². The molecule has 1 aliphatic carbocycles. The van der Waals surface area contributed by atoms with E-state index in [0.717, 1.165) is 0 Å². The van der Waals surface area contributed by atoms with E-state index in [1.165, 1.54) is 19.2 Å². The molecule has 7 nitrogen and oxygen atoms in total. The number of aromatic amines is 1. The Balaban J connectivity index is 1.78. The van der Waals surface area contributed by atoms with Gasteiger partial charge in [0.1, 0.15) is 23.3 Å². The second-order valence-corrected chi connectivity index (χ2v) is 7.26. The van der Waals surface area contributed by atoms with Gasteiger partial charge in [-0.2, -0.15) is 0 Å². The maximum absolute atomic E-state index is 14.0. The lowest BCUT2D eigenvalue weighted by atomic mass is 9.93. The van der Waals surface area contributed by atoms with Crippen LogP contribution in [0.5, 0.6) is 5.75 Å². The lowest BCUT2D eigenvalue weighted by Crippen LogP contribution is -2.38. The molecule has 0 spiro atoms. The van der Waals surface area contributed by atoms with Crippen molar-refractivity contribution in [3.8, 4) is 5.75 Å². The van der Waals surface area contributed by atoms with E-state index in [4.69, 9.17) is 4.74 Å².